The SMILES string of the molecule is Cc1cccc(OCc2nc3ccccc3n2CC(=O)N2CCC(C)CC2)c1. The highest BCUT2D eigenvalue weighted by atomic mass is 16.5. The molecule has 1 saturated heterocycles. The van der Waals surface area contributed by atoms with E-state index in [0.29, 0.717) is 19.1 Å². The molecule has 1 aliphatic rings. The minimum Gasteiger partial charge on any atom is -0.486 e. The molecule has 0 spiro atoms. The maximum absolute atomic E-state index is 12.9. The molecule has 3 aromatic rings. The number of rotatable bonds is 5. The predicted octanol–water partition coefficient (Wildman–Crippen LogP) is 4.18. The maximum atomic E-state index is 12.9. The number of carbonyl (C=O) groups excluding carboxylic acids is 1. The van der Waals surface area contributed by atoms with E-state index in [4.69, 9.17) is 9.72 Å². The van der Waals surface area contributed by atoms with Gasteiger partial charge in [0.2, 0.25) is 5.91 Å². The maximum Gasteiger partial charge on any atom is 0.242 e. The van der Waals surface area contributed by atoms with Crippen LogP contribution in [0.25, 0.3) is 11.0 Å². The fourth-order valence-electron chi connectivity index (χ4n) is 3.76. The monoisotopic (exact) mass is 377 g/mol. The van der Waals surface area contributed by atoms with E-state index in [1.807, 2.05) is 64.9 Å². The van der Waals surface area contributed by atoms with Crippen molar-refractivity contribution in [2.75, 3.05) is 13.1 Å². The second kappa shape index (κ2) is 8.05. The molecule has 0 N–H and O–H groups in total. The molecule has 0 aliphatic carbocycles. The van der Waals surface area contributed by atoms with Crippen LogP contribution in [0, 0.1) is 12.8 Å². The molecule has 0 unspecified atom stereocenters. The lowest BCUT2D eigenvalue weighted by atomic mass is 9.99. The minimum atomic E-state index is 0.159. The van der Waals surface area contributed by atoms with Gasteiger partial charge in [0.15, 0.2) is 0 Å². The van der Waals surface area contributed by atoms with Gasteiger partial charge in [-0.25, -0.2) is 4.98 Å². The Morgan fingerprint density at radius 1 is 1.14 bits per heavy atom. The lowest BCUT2D eigenvalue weighted by molar-refractivity contribution is -0.133. The third kappa shape index (κ3) is 4.03. The van der Waals surface area contributed by atoms with Gasteiger partial charge in [-0.15, -0.1) is 0 Å². The minimum absolute atomic E-state index is 0.159. The Kier molecular flexibility index (Phi) is 5.33. The summed E-state index contributed by atoms with van der Waals surface area (Å²) in [5.41, 5.74) is 3.02. The van der Waals surface area contributed by atoms with Gasteiger partial charge in [0.1, 0.15) is 24.7 Å². The molecule has 0 radical (unpaired) electrons. The molecular formula is C23H27N3O2. The highest BCUT2D eigenvalue weighted by Gasteiger charge is 2.22. The summed E-state index contributed by atoms with van der Waals surface area (Å²) >= 11 is 0. The molecule has 1 amide bonds. The number of aryl methyl sites for hydroxylation is 1. The molecule has 4 rings (SSSR count). The third-order valence-corrected chi connectivity index (χ3v) is 5.52. The molecule has 2 heterocycles. The van der Waals surface area contributed by atoms with E-state index < -0.39 is 0 Å². The quantitative estimate of drug-likeness (QED) is 0.670. The lowest BCUT2D eigenvalue weighted by Gasteiger charge is -2.30. The molecular weight excluding hydrogens is 350 g/mol. The smallest absolute Gasteiger partial charge is 0.242 e. The number of hydrogen-bond acceptors (Lipinski definition) is 3. The third-order valence-electron chi connectivity index (χ3n) is 5.52. The summed E-state index contributed by atoms with van der Waals surface area (Å²) in [5.74, 6) is 2.46. The molecule has 28 heavy (non-hydrogen) atoms. The number of aromatic nitrogens is 2. The van der Waals surface area contributed by atoms with E-state index in [0.717, 1.165) is 54.1 Å². The standard InChI is InChI=1S/C23H27N3O2/c1-17-10-12-25(13-11-17)23(27)15-26-21-9-4-3-8-20(21)24-22(26)16-28-19-7-5-6-18(2)14-19/h3-9,14,17H,10-13,15-16H2,1-2H3. The molecule has 1 fully saturated rings. The topological polar surface area (TPSA) is 47.4 Å². The number of hydrogen-bond donors (Lipinski definition) is 0. The number of benzene rings is 2. The van der Waals surface area contributed by atoms with Gasteiger partial charge >= 0.3 is 0 Å². The highest BCUT2D eigenvalue weighted by molar-refractivity contribution is 5.81. The highest BCUT2D eigenvalue weighted by Crippen LogP contribution is 2.21. The average Bonchev–Trinajstić information content (AvgIpc) is 3.04. The second-order valence-electron chi connectivity index (χ2n) is 7.77. The van der Waals surface area contributed by atoms with E-state index in [1.165, 1.54) is 0 Å². The fourth-order valence-corrected chi connectivity index (χ4v) is 3.76. The number of ether oxygens (including phenoxy) is 1. The largest absolute Gasteiger partial charge is 0.486 e. The molecule has 5 nitrogen and oxygen atoms in total. The van der Waals surface area contributed by atoms with Crippen LogP contribution in [0.2, 0.25) is 0 Å². The molecule has 1 aromatic heterocycles. The van der Waals surface area contributed by atoms with Gasteiger partial charge in [-0.05, 0) is 55.5 Å². The number of amides is 1. The van der Waals surface area contributed by atoms with Crippen molar-refractivity contribution in [2.24, 2.45) is 5.92 Å². The van der Waals surface area contributed by atoms with E-state index >= 15 is 0 Å². The Morgan fingerprint density at radius 2 is 1.93 bits per heavy atom. The summed E-state index contributed by atoms with van der Waals surface area (Å²) in [7, 11) is 0. The summed E-state index contributed by atoms with van der Waals surface area (Å²) in [6.45, 7) is 6.64. The normalized spacial score (nSPS) is 15.1. The van der Waals surface area contributed by atoms with Gasteiger partial charge in [-0.2, -0.15) is 0 Å². The number of nitrogens with zero attached hydrogens (tertiary/aromatic N) is 3. The second-order valence-corrected chi connectivity index (χ2v) is 7.77. The number of fused-ring (bicyclic) bond motifs is 1. The summed E-state index contributed by atoms with van der Waals surface area (Å²) in [6, 6.07) is 15.9. The Morgan fingerprint density at radius 3 is 2.71 bits per heavy atom. The van der Waals surface area contributed by atoms with Crippen LogP contribution in [0.1, 0.15) is 31.2 Å². The van der Waals surface area contributed by atoms with Crippen LogP contribution in [-0.4, -0.2) is 33.4 Å². The lowest BCUT2D eigenvalue weighted by Crippen LogP contribution is -2.40. The molecule has 0 saturated carbocycles. The van der Waals surface area contributed by atoms with Crippen molar-refractivity contribution in [2.45, 2.75) is 39.8 Å². The van der Waals surface area contributed by atoms with Crippen LogP contribution in [-0.2, 0) is 17.9 Å². The first-order valence-corrected chi connectivity index (χ1v) is 10.0. The zero-order chi connectivity index (χ0) is 19.5. The van der Waals surface area contributed by atoms with E-state index in [9.17, 15) is 4.79 Å². The molecule has 0 bridgehead atoms. The van der Waals surface area contributed by atoms with Gasteiger partial charge in [-0.1, -0.05) is 31.2 Å². The zero-order valence-electron chi connectivity index (χ0n) is 16.6. The van der Waals surface area contributed by atoms with Crippen molar-refractivity contribution < 1.29 is 9.53 Å². The van der Waals surface area contributed by atoms with Crippen LogP contribution in [0.5, 0.6) is 5.75 Å². The van der Waals surface area contributed by atoms with Crippen LogP contribution >= 0.6 is 0 Å². The zero-order valence-corrected chi connectivity index (χ0v) is 16.6. The van der Waals surface area contributed by atoms with Crippen molar-refractivity contribution in [1.29, 1.82) is 0 Å². The summed E-state index contributed by atoms with van der Waals surface area (Å²) in [4.78, 5) is 19.6. The van der Waals surface area contributed by atoms with E-state index in [1.54, 1.807) is 0 Å². The summed E-state index contributed by atoms with van der Waals surface area (Å²) in [5, 5.41) is 0. The van der Waals surface area contributed by atoms with Crippen molar-refractivity contribution in [3.8, 4) is 5.75 Å². The van der Waals surface area contributed by atoms with Crippen molar-refractivity contribution in [1.82, 2.24) is 14.5 Å². The molecule has 1 aliphatic heterocycles. The fraction of sp³-hybridized carbons (Fsp3) is 0.391. The molecule has 5 heteroatoms. The number of carbonyl (C=O) groups is 1. The van der Waals surface area contributed by atoms with Crippen LogP contribution in [0.3, 0.4) is 0 Å². The Labute approximate surface area is 165 Å². The Balaban J connectivity index is 1.55. The van der Waals surface area contributed by atoms with Gasteiger partial charge in [-0.3, -0.25) is 4.79 Å². The molecule has 2 aromatic carbocycles. The van der Waals surface area contributed by atoms with Crippen molar-refractivity contribution in [3.05, 3.63) is 59.9 Å². The van der Waals surface area contributed by atoms with Crippen molar-refractivity contribution >= 4 is 16.9 Å². The van der Waals surface area contributed by atoms with E-state index in [2.05, 4.69) is 6.92 Å². The van der Waals surface area contributed by atoms with Crippen LogP contribution < -0.4 is 4.74 Å². The molecule has 146 valence electrons. The van der Waals surface area contributed by atoms with Gasteiger partial charge in [0.05, 0.1) is 11.0 Å². The number of piperidine rings is 1. The average molecular weight is 377 g/mol. The Hall–Kier alpha value is -2.82. The summed E-state index contributed by atoms with van der Waals surface area (Å²) < 4.78 is 7.98. The van der Waals surface area contributed by atoms with Gasteiger partial charge in [0.25, 0.3) is 0 Å². The van der Waals surface area contributed by atoms with Crippen molar-refractivity contribution in [3.63, 3.8) is 0 Å². The van der Waals surface area contributed by atoms with E-state index in [-0.39, 0.29) is 5.91 Å². The van der Waals surface area contributed by atoms with Gasteiger partial charge in [0, 0.05) is 13.1 Å². The first-order chi connectivity index (χ1) is 13.6. The number of likely N-dealkylation sites (tertiary alicyclic amines) is 1. The van der Waals surface area contributed by atoms with Crippen LogP contribution in [0.15, 0.2) is 48.5 Å². The Bertz CT molecular complexity index is 971. The number of para-hydroxylation sites is 2. The number of imidazole rings is 1. The van der Waals surface area contributed by atoms with Gasteiger partial charge < -0.3 is 14.2 Å². The molecule has 0 atom stereocenters. The summed E-state index contributed by atoms with van der Waals surface area (Å²) in [6.07, 6.45) is 2.17. The first kappa shape index (κ1) is 18.5. The van der Waals surface area contributed by atoms with Crippen LogP contribution in [0.4, 0.5) is 0 Å². The first-order valence-electron chi connectivity index (χ1n) is 10.0. The predicted molar refractivity (Wildman–Crippen MR) is 110 cm³/mol.